The Labute approximate surface area is 138 Å². The van der Waals surface area contributed by atoms with Crippen LogP contribution in [-0.4, -0.2) is 31.0 Å². The minimum Gasteiger partial charge on any atom is -0.494 e. The van der Waals surface area contributed by atoms with Gasteiger partial charge in [0.2, 0.25) is 0 Å². The summed E-state index contributed by atoms with van der Waals surface area (Å²) in [5.41, 5.74) is 1.56. The number of amides is 1. The van der Waals surface area contributed by atoms with Gasteiger partial charge in [-0.1, -0.05) is 39.3 Å². The van der Waals surface area contributed by atoms with Crippen molar-refractivity contribution in [3.8, 4) is 5.75 Å². The lowest BCUT2D eigenvalue weighted by atomic mass is 9.85. The molecule has 0 unspecified atom stereocenters. The summed E-state index contributed by atoms with van der Waals surface area (Å²) in [5, 5.41) is 0.503. The zero-order valence-electron chi connectivity index (χ0n) is 14.2. The first kappa shape index (κ1) is 17.1. The minimum absolute atomic E-state index is 0.0248. The number of halogens is 1. The topological polar surface area (TPSA) is 29.5 Å². The van der Waals surface area contributed by atoms with Gasteiger partial charge in [0.25, 0.3) is 5.91 Å². The van der Waals surface area contributed by atoms with Gasteiger partial charge in [0.1, 0.15) is 5.75 Å². The molecule has 0 spiro atoms. The van der Waals surface area contributed by atoms with Crippen LogP contribution in [0.5, 0.6) is 5.75 Å². The van der Waals surface area contributed by atoms with Crippen molar-refractivity contribution < 1.29 is 9.53 Å². The van der Waals surface area contributed by atoms with Gasteiger partial charge in [0.15, 0.2) is 0 Å². The molecule has 1 aromatic carbocycles. The maximum atomic E-state index is 12.9. The maximum absolute atomic E-state index is 12.9. The molecule has 0 aromatic heterocycles. The summed E-state index contributed by atoms with van der Waals surface area (Å²) in [5.74, 6) is 1.20. The van der Waals surface area contributed by atoms with Crippen LogP contribution < -0.4 is 4.74 Å². The molecule has 1 heterocycles. The average molecular weight is 324 g/mol. The standard InChI is InChI=1S/C18H26ClNO2/c1-12-6-8-20(9-7-12)17(21)14-10-13(18(2,3)4)11-15(19)16(14)22-5/h10-12H,6-9H2,1-5H3. The summed E-state index contributed by atoms with van der Waals surface area (Å²) >= 11 is 6.35. The predicted molar refractivity (Wildman–Crippen MR) is 91.0 cm³/mol. The van der Waals surface area contributed by atoms with Gasteiger partial charge in [-0.25, -0.2) is 0 Å². The van der Waals surface area contributed by atoms with Crippen molar-refractivity contribution in [3.63, 3.8) is 0 Å². The van der Waals surface area contributed by atoms with Crippen LogP contribution in [0.15, 0.2) is 12.1 Å². The Morgan fingerprint density at radius 1 is 1.27 bits per heavy atom. The largest absolute Gasteiger partial charge is 0.494 e. The van der Waals surface area contributed by atoms with Crippen LogP contribution in [0.4, 0.5) is 0 Å². The number of carbonyl (C=O) groups is 1. The lowest BCUT2D eigenvalue weighted by molar-refractivity contribution is 0.0693. The van der Waals surface area contributed by atoms with Crippen molar-refractivity contribution in [2.45, 2.75) is 46.0 Å². The molecule has 22 heavy (non-hydrogen) atoms. The summed E-state index contributed by atoms with van der Waals surface area (Å²) in [4.78, 5) is 14.8. The molecule has 1 saturated heterocycles. The quantitative estimate of drug-likeness (QED) is 0.801. The van der Waals surface area contributed by atoms with E-state index in [-0.39, 0.29) is 11.3 Å². The summed E-state index contributed by atoms with van der Waals surface area (Å²) in [6, 6.07) is 3.83. The van der Waals surface area contributed by atoms with Crippen LogP contribution in [0.1, 0.15) is 56.5 Å². The van der Waals surface area contributed by atoms with Gasteiger partial charge in [-0.05, 0) is 41.9 Å². The molecule has 4 heteroatoms. The number of likely N-dealkylation sites (tertiary alicyclic amines) is 1. The normalized spacial score (nSPS) is 16.7. The van der Waals surface area contributed by atoms with Crippen LogP contribution in [0.2, 0.25) is 5.02 Å². The molecule has 0 radical (unpaired) electrons. The molecule has 0 saturated carbocycles. The van der Waals surface area contributed by atoms with E-state index in [2.05, 4.69) is 27.7 Å². The first-order valence-corrected chi connectivity index (χ1v) is 8.29. The fourth-order valence-electron chi connectivity index (χ4n) is 2.77. The number of benzene rings is 1. The van der Waals surface area contributed by atoms with E-state index in [0.29, 0.717) is 22.3 Å². The molecule has 0 aliphatic carbocycles. The first-order valence-electron chi connectivity index (χ1n) is 7.91. The number of methoxy groups -OCH3 is 1. The fraction of sp³-hybridized carbons (Fsp3) is 0.611. The molecule has 1 amide bonds. The second-order valence-corrected chi connectivity index (χ2v) is 7.67. The van der Waals surface area contributed by atoms with Gasteiger partial charge < -0.3 is 9.64 Å². The lowest BCUT2D eigenvalue weighted by Crippen LogP contribution is -2.38. The molecular formula is C18H26ClNO2. The Hall–Kier alpha value is -1.22. The summed E-state index contributed by atoms with van der Waals surface area (Å²) in [6.45, 7) is 10.2. The van der Waals surface area contributed by atoms with Crippen molar-refractivity contribution in [3.05, 3.63) is 28.3 Å². The van der Waals surface area contributed by atoms with Gasteiger partial charge in [-0.15, -0.1) is 0 Å². The highest BCUT2D eigenvalue weighted by molar-refractivity contribution is 6.32. The van der Waals surface area contributed by atoms with E-state index in [9.17, 15) is 4.79 Å². The van der Waals surface area contributed by atoms with Gasteiger partial charge in [-0.2, -0.15) is 0 Å². The zero-order chi connectivity index (χ0) is 16.5. The van der Waals surface area contributed by atoms with Crippen LogP contribution in [0, 0.1) is 5.92 Å². The number of rotatable bonds is 2. The van der Waals surface area contributed by atoms with Gasteiger partial charge in [-0.3, -0.25) is 4.79 Å². The van der Waals surface area contributed by atoms with Crippen LogP contribution in [0.25, 0.3) is 0 Å². The maximum Gasteiger partial charge on any atom is 0.257 e. The molecule has 2 rings (SSSR count). The van der Waals surface area contributed by atoms with E-state index in [1.807, 2.05) is 17.0 Å². The SMILES string of the molecule is COc1c(Cl)cc(C(C)(C)C)cc1C(=O)N1CCC(C)CC1. The highest BCUT2D eigenvalue weighted by Gasteiger charge is 2.27. The van der Waals surface area contributed by atoms with Crippen molar-refractivity contribution >= 4 is 17.5 Å². The Balaban J connectivity index is 2.39. The summed E-state index contributed by atoms with van der Waals surface area (Å²) in [7, 11) is 1.56. The molecule has 0 N–H and O–H groups in total. The fourth-order valence-corrected chi connectivity index (χ4v) is 3.07. The van der Waals surface area contributed by atoms with Gasteiger partial charge >= 0.3 is 0 Å². The molecule has 0 bridgehead atoms. The monoisotopic (exact) mass is 323 g/mol. The van der Waals surface area contributed by atoms with Gasteiger partial charge in [0.05, 0.1) is 17.7 Å². The van der Waals surface area contributed by atoms with E-state index in [0.717, 1.165) is 31.5 Å². The molecule has 3 nitrogen and oxygen atoms in total. The number of carbonyl (C=O) groups excluding carboxylic acids is 1. The van der Waals surface area contributed by atoms with Crippen molar-refractivity contribution in [2.75, 3.05) is 20.2 Å². The molecule has 1 aliphatic heterocycles. The molecular weight excluding hydrogens is 298 g/mol. The highest BCUT2D eigenvalue weighted by Crippen LogP contribution is 2.36. The smallest absolute Gasteiger partial charge is 0.257 e. The Morgan fingerprint density at radius 2 is 1.86 bits per heavy atom. The second kappa shape index (κ2) is 6.49. The number of ether oxygens (including phenoxy) is 1. The van der Waals surface area contributed by atoms with Crippen LogP contribution in [-0.2, 0) is 5.41 Å². The summed E-state index contributed by atoms with van der Waals surface area (Å²) in [6.07, 6.45) is 2.11. The predicted octanol–water partition coefficient (Wildman–Crippen LogP) is 4.52. The van der Waals surface area contributed by atoms with Crippen LogP contribution in [0.3, 0.4) is 0 Å². The number of nitrogens with zero attached hydrogens (tertiary/aromatic N) is 1. The van der Waals surface area contributed by atoms with E-state index >= 15 is 0 Å². The highest BCUT2D eigenvalue weighted by atomic mass is 35.5. The Bertz CT molecular complexity index is 555. The first-order chi connectivity index (χ1) is 10.2. The van der Waals surface area contributed by atoms with Crippen molar-refractivity contribution in [1.29, 1.82) is 0 Å². The van der Waals surface area contributed by atoms with E-state index in [1.165, 1.54) is 0 Å². The van der Waals surface area contributed by atoms with Crippen LogP contribution >= 0.6 is 11.6 Å². The Morgan fingerprint density at radius 3 is 2.36 bits per heavy atom. The molecule has 1 aromatic rings. The third kappa shape index (κ3) is 3.57. The Kier molecular flexibility index (Phi) is 5.06. The molecule has 122 valence electrons. The van der Waals surface area contributed by atoms with Crippen molar-refractivity contribution in [2.24, 2.45) is 5.92 Å². The van der Waals surface area contributed by atoms with Crippen molar-refractivity contribution in [1.82, 2.24) is 4.90 Å². The number of piperidine rings is 1. The summed E-state index contributed by atoms with van der Waals surface area (Å²) < 4.78 is 5.40. The van der Waals surface area contributed by atoms with E-state index in [4.69, 9.17) is 16.3 Å². The zero-order valence-corrected chi connectivity index (χ0v) is 15.0. The minimum atomic E-state index is -0.0681. The third-order valence-corrected chi connectivity index (χ3v) is 4.70. The molecule has 1 aliphatic rings. The average Bonchev–Trinajstić information content (AvgIpc) is 2.45. The molecule has 1 fully saturated rings. The third-order valence-electron chi connectivity index (χ3n) is 4.42. The second-order valence-electron chi connectivity index (χ2n) is 7.26. The number of hydrogen-bond donors (Lipinski definition) is 0. The van der Waals surface area contributed by atoms with E-state index in [1.54, 1.807) is 7.11 Å². The van der Waals surface area contributed by atoms with Gasteiger partial charge in [0, 0.05) is 13.1 Å². The van der Waals surface area contributed by atoms with E-state index < -0.39 is 0 Å². The lowest BCUT2D eigenvalue weighted by Gasteiger charge is -2.31. The number of hydrogen-bond acceptors (Lipinski definition) is 2. The molecule has 0 atom stereocenters.